The molecular weight excluding hydrogens is 394 g/mol. The van der Waals surface area contributed by atoms with Gasteiger partial charge in [0.2, 0.25) is 0 Å². The molecule has 31 heavy (non-hydrogen) atoms. The van der Waals surface area contributed by atoms with Gasteiger partial charge in [-0.1, -0.05) is 45.9 Å². The number of nitrogens with one attached hydrogen (secondary N) is 1. The molecule has 0 spiro atoms. The molecule has 0 bridgehead atoms. The van der Waals surface area contributed by atoms with Crippen LogP contribution in [-0.4, -0.2) is 38.3 Å². The van der Waals surface area contributed by atoms with E-state index in [0.717, 1.165) is 16.8 Å². The van der Waals surface area contributed by atoms with Crippen LogP contribution in [0.25, 0.3) is 0 Å². The number of carbonyl (C=O) groups is 2. The number of benzene rings is 2. The quantitative estimate of drug-likeness (QED) is 0.397. The lowest BCUT2D eigenvalue weighted by atomic mass is 9.92. The highest BCUT2D eigenvalue weighted by Gasteiger charge is 2.17. The van der Waals surface area contributed by atoms with Gasteiger partial charge in [0, 0.05) is 17.9 Å². The molecule has 168 valence electrons. The van der Waals surface area contributed by atoms with Gasteiger partial charge < -0.3 is 19.5 Å². The van der Waals surface area contributed by atoms with E-state index in [9.17, 15) is 9.59 Å². The Labute approximate surface area is 184 Å². The molecule has 0 unspecified atom stereocenters. The van der Waals surface area contributed by atoms with E-state index in [1.807, 2.05) is 13.0 Å². The van der Waals surface area contributed by atoms with Crippen molar-refractivity contribution in [3.63, 3.8) is 0 Å². The molecule has 2 rings (SSSR count). The van der Waals surface area contributed by atoms with Gasteiger partial charge in [-0.15, -0.1) is 0 Å². The second kappa shape index (κ2) is 12.1. The van der Waals surface area contributed by atoms with Crippen LogP contribution < -0.4 is 10.1 Å². The van der Waals surface area contributed by atoms with Crippen molar-refractivity contribution < 1.29 is 23.8 Å². The summed E-state index contributed by atoms with van der Waals surface area (Å²) in [5, 5.41) is 3.10. The Morgan fingerprint density at radius 2 is 1.52 bits per heavy atom. The second-order valence-corrected chi connectivity index (χ2v) is 7.81. The molecule has 0 atom stereocenters. The van der Waals surface area contributed by atoms with Crippen LogP contribution in [0.1, 0.15) is 67.9 Å². The van der Waals surface area contributed by atoms with E-state index in [1.165, 1.54) is 0 Å². The third kappa shape index (κ3) is 7.40. The molecule has 1 amide bonds. The smallest absolute Gasteiger partial charge is 0.344 e. The predicted octanol–water partition coefficient (Wildman–Crippen LogP) is 5.14. The van der Waals surface area contributed by atoms with Crippen LogP contribution in [0.3, 0.4) is 0 Å². The zero-order valence-corrected chi connectivity index (χ0v) is 19.1. The number of rotatable bonds is 11. The minimum absolute atomic E-state index is 0.183. The van der Waals surface area contributed by atoms with Crippen molar-refractivity contribution in [3.8, 4) is 5.75 Å². The number of hydrogen-bond donors (Lipinski definition) is 1. The van der Waals surface area contributed by atoms with Gasteiger partial charge in [0.15, 0.2) is 6.61 Å². The number of amides is 1. The molecule has 0 aliphatic heterocycles. The monoisotopic (exact) mass is 427 g/mol. The van der Waals surface area contributed by atoms with Crippen molar-refractivity contribution in [2.45, 2.75) is 46.5 Å². The highest BCUT2D eigenvalue weighted by Crippen LogP contribution is 2.32. The van der Waals surface area contributed by atoms with Gasteiger partial charge >= 0.3 is 5.97 Å². The van der Waals surface area contributed by atoms with Gasteiger partial charge in [0.05, 0.1) is 6.61 Å². The summed E-state index contributed by atoms with van der Waals surface area (Å²) < 4.78 is 15.5. The summed E-state index contributed by atoms with van der Waals surface area (Å²) in [5.41, 5.74) is 3.62. The summed E-state index contributed by atoms with van der Waals surface area (Å²) in [7, 11) is 0. The van der Waals surface area contributed by atoms with E-state index < -0.39 is 5.97 Å². The first-order valence-corrected chi connectivity index (χ1v) is 10.7. The van der Waals surface area contributed by atoms with Crippen molar-refractivity contribution >= 4 is 17.6 Å². The van der Waals surface area contributed by atoms with Crippen LogP contribution in [0.15, 0.2) is 42.5 Å². The van der Waals surface area contributed by atoms with E-state index >= 15 is 0 Å². The van der Waals surface area contributed by atoms with Gasteiger partial charge in [-0.2, -0.15) is 0 Å². The van der Waals surface area contributed by atoms with Crippen molar-refractivity contribution in [1.29, 1.82) is 0 Å². The average Bonchev–Trinajstić information content (AvgIpc) is 2.75. The lowest BCUT2D eigenvalue weighted by Gasteiger charge is -2.20. The SMILES string of the molecule is CCOCCOC(=O)COc1ccc(C(=O)Nc2c(C(C)C)cccc2C(C)C)cc1. The van der Waals surface area contributed by atoms with E-state index in [4.69, 9.17) is 14.2 Å². The minimum Gasteiger partial charge on any atom is -0.482 e. The highest BCUT2D eigenvalue weighted by molar-refractivity contribution is 6.05. The van der Waals surface area contributed by atoms with Crippen molar-refractivity contribution in [2.75, 3.05) is 31.7 Å². The molecule has 0 saturated carbocycles. The topological polar surface area (TPSA) is 73.9 Å². The van der Waals surface area contributed by atoms with Crippen LogP contribution in [0.4, 0.5) is 5.69 Å². The molecule has 6 heteroatoms. The number of anilines is 1. The number of hydrogen-bond acceptors (Lipinski definition) is 5. The molecule has 0 aliphatic carbocycles. The van der Waals surface area contributed by atoms with E-state index in [-0.39, 0.29) is 31.0 Å². The predicted molar refractivity (Wildman–Crippen MR) is 122 cm³/mol. The third-order valence-electron chi connectivity index (χ3n) is 4.78. The second-order valence-electron chi connectivity index (χ2n) is 7.81. The Morgan fingerprint density at radius 1 is 0.903 bits per heavy atom. The molecule has 2 aromatic rings. The van der Waals surface area contributed by atoms with Gasteiger partial charge in [0.1, 0.15) is 12.4 Å². The Kier molecular flexibility index (Phi) is 9.53. The summed E-state index contributed by atoms with van der Waals surface area (Å²) in [5.74, 6) is 0.421. The first-order chi connectivity index (χ1) is 14.8. The largest absolute Gasteiger partial charge is 0.482 e. The van der Waals surface area contributed by atoms with E-state index in [1.54, 1.807) is 24.3 Å². The fourth-order valence-corrected chi connectivity index (χ4v) is 3.13. The molecule has 2 aromatic carbocycles. The lowest BCUT2D eigenvalue weighted by molar-refractivity contribution is -0.147. The standard InChI is InChI=1S/C25H33NO5/c1-6-29-14-15-30-23(27)16-31-20-12-10-19(11-13-20)25(28)26-24-21(17(2)3)8-7-9-22(24)18(4)5/h7-13,17-18H,6,14-16H2,1-5H3,(H,26,28). The molecule has 0 aliphatic rings. The normalized spacial score (nSPS) is 10.9. The molecule has 6 nitrogen and oxygen atoms in total. The maximum atomic E-state index is 12.9. The van der Waals surface area contributed by atoms with Crippen LogP contribution >= 0.6 is 0 Å². The van der Waals surface area contributed by atoms with Crippen molar-refractivity contribution in [1.82, 2.24) is 0 Å². The first-order valence-electron chi connectivity index (χ1n) is 10.7. The molecule has 0 heterocycles. The summed E-state index contributed by atoms with van der Waals surface area (Å²) in [6.45, 7) is 11.3. The average molecular weight is 428 g/mol. The Bertz CT molecular complexity index is 832. The number of carbonyl (C=O) groups excluding carboxylic acids is 2. The summed E-state index contributed by atoms with van der Waals surface area (Å²) >= 11 is 0. The molecular formula is C25H33NO5. The van der Waals surface area contributed by atoms with Crippen LogP contribution in [0.2, 0.25) is 0 Å². The molecule has 1 N–H and O–H groups in total. The molecule has 0 saturated heterocycles. The molecule has 0 radical (unpaired) electrons. The van der Waals surface area contributed by atoms with Crippen LogP contribution in [-0.2, 0) is 14.3 Å². The van der Waals surface area contributed by atoms with Crippen molar-refractivity contribution in [3.05, 3.63) is 59.2 Å². The molecule has 0 fully saturated rings. The maximum absolute atomic E-state index is 12.9. The van der Waals surface area contributed by atoms with E-state index in [2.05, 4.69) is 45.1 Å². The molecule has 0 aromatic heterocycles. The lowest BCUT2D eigenvalue weighted by Crippen LogP contribution is -2.18. The van der Waals surface area contributed by atoms with Gasteiger partial charge in [-0.25, -0.2) is 4.79 Å². The van der Waals surface area contributed by atoms with Crippen molar-refractivity contribution in [2.24, 2.45) is 0 Å². The Hall–Kier alpha value is -2.86. The zero-order valence-electron chi connectivity index (χ0n) is 19.1. The summed E-state index contributed by atoms with van der Waals surface area (Å²) in [4.78, 5) is 24.5. The number of para-hydroxylation sites is 1. The van der Waals surface area contributed by atoms with Gasteiger partial charge in [-0.05, 0) is 54.2 Å². The highest BCUT2D eigenvalue weighted by atomic mass is 16.6. The number of ether oxygens (including phenoxy) is 3. The fraction of sp³-hybridized carbons (Fsp3) is 0.440. The van der Waals surface area contributed by atoms with Crippen LogP contribution in [0.5, 0.6) is 5.75 Å². The van der Waals surface area contributed by atoms with E-state index in [0.29, 0.717) is 24.5 Å². The number of esters is 1. The first kappa shape index (κ1) is 24.4. The Balaban J connectivity index is 2.00. The van der Waals surface area contributed by atoms with Gasteiger partial charge in [-0.3, -0.25) is 4.79 Å². The Morgan fingerprint density at radius 3 is 2.06 bits per heavy atom. The zero-order chi connectivity index (χ0) is 22.8. The maximum Gasteiger partial charge on any atom is 0.344 e. The van der Waals surface area contributed by atoms with Crippen LogP contribution in [0, 0.1) is 0 Å². The minimum atomic E-state index is -0.465. The van der Waals surface area contributed by atoms with Gasteiger partial charge in [0.25, 0.3) is 5.91 Å². The summed E-state index contributed by atoms with van der Waals surface area (Å²) in [6, 6.07) is 12.8. The third-order valence-corrected chi connectivity index (χ3v) is 4.78. The summed E-state index contributed by atoms with van der Waals surface area (Å²) in [6.07, 6.45) is 0. The fourth-order valence-electron chi connectivity index (χ4n) is 3.13.